The smallest absolute Gasteiger partial charge is 0.315 e. The van der Waals surface area contributed by atoms with Crippen molar-refractivity contribution in [2.24, 2.45) is 0 Å². The molecule has 0 unspecified atom stereocenters. The molecule has 4 nitrogen and oxygen atoms in total. The van der Waals surface area contributed by atoms with Gasteiger partial charge in [-0.1, -0.05) is 41.9 Å². The molecular formula is C20H23ClFN3O. The molecule has 1 aliphatic heterocycles. The SMILES string of the molecule is O=C(NCc1ccccc1Cl)NC1CCN(Cc2ccc(F)cc2)CC1. The molecule has 0 spiro atoms. The van der Waals surface area contributed by atoms with Crippen molar-refractivity contribution in [2.45, 2.75) is 32.0 Å². The van der Waals surface area contributed by atoms with Gasteiger partial charge in [0.05, 0.1) is 0 Å². The van der Waals surface area contributed by atoms with Gasteiger partial charge in [-0.25, -0.2) is 9.18 Å². The standard InChI is InChI=1S/C20H23ClFN3O/c21-19-4-2-1-3-16(19)13-23-20(26)24-18-9-11-25(12-10-18)14-15-5-7-17(22)8-6-15/h1-8,18H,9-14H2,(H2,23,24,26). The molecule has 0 radical (unpaired) electrons. The summed E-state index contributed by atoms with van der Waals surface area (Å²) in [6.07, 6.45) is 1.81. The molecule has 2 aromatic rings. The highest BCUT2D eigenvalue weighted by atomic mass is 35.5. The van der Waals surface area contributed by atoms with Crippen molar-refractivity contribution in [2.75, 3.05) is 13.1 Å². The molecule has 1 aliphatic rings. The number of piperidine rings is 1. The third kappa shape index (κ3) is 5.44. The van der Waals surface area contributed by atoms with Gasteiger partial charge in [0.2, 0.25) is 0 Å². The van der Waals surface area contributed by atoms with Gasteiger partial charge >= 0.3 is 6.03 Å². The van der Waals surface area contributed by atoms with Crippen molar-refractivity contribution >= 4 is 17.6 Å². The van der Waals surface area contributed by atoms with Crippen molar-refractivity contribution < 1.29 is 9.18 Å². The number of amides is 2. The summed E-state index contributed by atoms with van der Waals surface area (Å²) in [5.41, 5.74) is 2.01. The summed E-state index contributed by atoms with van der Waals surface area (Å²) in [7, 11) is 0. The molecule has 6 heteroatoms. The molecule has 1 saturated heterocycles. The monoisotopic (exact) mass is 375 g/mol. The van der Waals surface area contributed by atoms with Crippen LogP contribution in [0.4, 0.5) is 9.18 Å². The van der Waals surface area contributed by atoms with Crippen LogP contribution in [0.3, 0.4) is 0 Å². The highest BCUT2D eigenvalue weighted by Gasteiger charge is 2.20. The van der Waals surface area contributed by atoms with Crippen LogP contribution in [0.15, 0.2) is 48.5 Å². The summed E-state index contributed by atoms with van der Waals surface area (Å²) in [4.78, 5) is 14.4. The average Bonchev–Trinajstić information content (AvgIpc) is 2.64. The van der Waals surface area contributed by atoms with E-state index in [9.17, 15) is 9.18 Å². The number of benzene rings is 2. The first kappa shape index (κ1) is 18.7. The second-order valence-electron chi connectivity index (χ2n) is 6.60. The lowest BCUT2D eigenvalue weighted by Crippen LogP contribution is -2.47. The number of urea groups is 1. The number of hydrogen-bond donors (Lipinski definition) is 2. The molecule has 0 aromatic heterocycles. The molecule has 0 atom stereocenters. The zero-order valence-electron chi connectivity index (χ0n) is 14.6. The predicted molar refractivity (Wildman–Crippen MR) is 102 cm³/mol. The minimum atomic E-state index is -0.209. The van der Waals surface area contributed by atoms with Crippen LogP contribution in [0.25, 0.3) is 0 Å². The predicted octanol–water partition coefficient (Wildman–Crippen LogP) is 3.94. The van der Waals surface area contributed by atoms with Gasteiger partial charge in [0.1, 0.15) is 5.82 Å². The van der Waals surface area contributed by atoms with E-state index in [1.807, 2.05) is 36.4 Å². The molecule has 3 rings (SSSR count). The molecule has 1 heterocycles. The van der Waals surface area contributed by atoms with E-state index in [1.54, 1.807) is 0 Å². The fourth-order valence-corrected chi connectivity index (χ4v) is 3.34. The fraction of sp³-hybridized carbons (Fsp3) is 0.350. The molecule has 26 heavy (non-hydrogen) atoms. The lowest BCUT2D eigenvalue weighted by molar-refractivity contribution is 0.186. The maximum absolute atomic E-state index is 13.0. The Labute approximate surface area is 158 Å². The Morgan fingerprint density at radius 3 is 2.50 bits per heavy atom. The first-order valence-corrected chi connectivity index (χ1v) is 9.22. The highest BCUT2D eigenvalue weighted by molar-refractivity contribution is 6.31. The lowest BCUT2D eigenvalue weighted by Gasteiger charge is -2.32. The van der Waals surface area contributed by atoms with Crippen LogP contribution in [0.5, 0.6) is 0 Å². The van der Waals surface area contributed by atoms with Gasteiger partial charge in [-0.05, 0) is 42.2 Å². The molecule has 2 amide bonds. The number of nitrogens with zero attached hydrogens (tertiary/aromatic N) is 1. The molecule has 0 aliphatic carbocycles. The Morgan fingerprint density at radius 1 is 1.12 bits per heavy atom. The Morgan fingerprint density at radius 2 is 1.81 bits per heavy atom. The third-order valence-corrected chi connectivity index (χ3v) is 5.01. The van der Waals surface area contributed by atoms with Crippen LogP contribution >= 0.6 is 11.6 Å². The normalized spacial score (nSPS) is 15.6. The van der Waals surface area contributed by atoms with Crippen molar-refractivity contribution in [3.63, 3.8) is 0 Å². The van der Waals surface area contributed by atoms with E-state index in [4.69, 9.17) is 11.6 Å². The summed E-state index contributed by atoms with van der Waals surface area (Å²) >= 11 is 6.09. The Kier molecular flexibility index (Phi) is 6.47. The molecule has 1 fully saturated rings. The maximum atomic E-state index is 13.0. The number of nitrogens with one attached hydrogen (secondary N) is 2. The Bertz CT molecular complexity index is 730. The van der Waals surface area contributed by atoms with Crippen LogP contribution in [0.2, 0.25) is 5.02 Å². The molecule has 2 N–H and O–H groups in total. The van der Waals surface area contributed by atoms with Gasteiger partial charge in [0, 0.05) is 37.2 Å². The largest absolute Gasteiger partial charge is 0.335 e. The lowest BCUT2D eigenvalue weighted by atomic mass is 10.0. The number of halogens is 2. The Hall–Kier alpha value is -2.11. The van der Waals surface area contributed by atoms with Crippen molar-refractivity contribution in [3.8, 4) is 0 Å². The van der Waals surface area contributed by atoms with Gasteiger partial charge in [-0.3, -0.25) is 4.90 Å². The van der Waals surface area contributed by atoms with Gasteiger partial charge in [0.15, 0.2) is 0 Å². The number of carbonyl (C=O) groups is 1. The van der Waals surface area contributed by atoms with Crippen LogP contribution in [-0.4, -0.2) is 30.1 Å². The summed E-state index contributed by atoms with van der Waals surface area (Å²) in [5, 5.41) is 6.55. The van der Waals surface area contributed by atoms with Gasteiger partial charge in [-0.2, -0.15) is 0 Å². The quantitative estimate of drug-likeness (QED) is 0.831. The average molecular weight is 376 g/mol. The van der Waals surface area contributed by atoms with Crippen molar-refractivity contribution in [1.82, 2.24) is 15.5 Å². The first-order valence-electron chi connectivity index (χ1n) is 8.85. The molecule has 0 saturated carbocycles. The summed E-state index contributed by atoms with van der Waals surface area (Å²) in [6, 6.07) is 14.1. The summed E-state index contributed by atoms with van der Waals surface area (Å²) in [5.74, 6) is -0.209. The fourth-order valence-electron chi connectivity index (χ4n) is 3.14. The van der Waals surface area contributed by atoms with E-state index < -0.39 is 0 Å². The number of hydrogen-bond acceptors (Lipinski definition) is 2. The first-order chi connectivity index (χ1) is 12.6. The van der Waals surface area contributed by atoms with E-state index in [-0.39, 0.29) is 17.9 Å². The van der Waals surface area contributed by atoms with Gasteiger partial charge < -0.3 is 10.6 Å². The van der Waals surface area contributed by atoms with E-state index >= 15 is 0 Å². The highest BCUT2D eigenvalue weighted by Crippen LogP contribution is 2.15. The van der Waals surface area contributed by atoms with Crippen LogP contribution < -0.4 is 10.6 Å². The van der Waals surface area contributed by atoms with Gasteiger partial charge in [-0.15, -0.1) is 0 Å². The number of rotatable bonds is 5. The number of carbonyl (C=O) groups excluding carboxylic acids is 1. The molecule has 2 aromatic carbocycles. The van der Waals surface area contributed by atoms with Crippen LogP contribution in [0.1, 0.15) is 24.0 Å². The van der Waals surface area contributed by atoms with E-state index in [0.717, 1.165) is 43.6 Å². The van der Waals surface area contributed by atoms with Crippen LogP contribution in [-0.2, 0) is 13.1 Å². The van der Waals surface area contributed by atoms with E-state index in [1.165, 1.54) is 12.1 Å². The van der Waals surface area contributed by atoms with E-state index in [2.05, 4.69) is 15.5 Å². The minimum Gasteiger partial charge on any atom is -0.335 e. The molecule has 0 bridgehead atoms. The van der Waals surface area contributed by atoms with Gasteiger partial charge in [0.25, 0.3) is 0 Å². The zero-order valence-corrected chi connectivity index (χ0v) is 15.3. The van der Waals surface area contributed by atoms with Crippen molar-refractivity contribution in [1.29, 1.82) is 0 Å². The summed E-state index contributed by atoms with van der Waals surface area (Å²) < 4.78 is 13.0. The number of likely N-dealkylation sites (tertiary alicyclic amines) is 1. The topological polar surface area (TPSA) is 44.4 Å². The van der Waals surface area contributed by atoms with E-state index in [0.29, 0.717) is 11.6 Å². The third-order valence-electron chi connectivity index (χ3n) is 4.64. The van der Waals surface area contributed by atoms with Crippen molar-refractivity contribution in [3.05, 3.63) is 70.5 Å². The Balaban J connectivity index is 1.38. The second kappa shape index (κ2) is 9.01. The molecule has 138 valence electrons. The maximum Gasteiger partial charge on any atom is 0.315 e. The minimum absolute atomic E-state index is 0.165. The summed E-state index contributed by atoms with van der Waals surface area (Å²) in [6.45, 7) is 3.04. The zero-order chi connectivity index (χ0) is 18.4. The van der Waals surface area contributed by atoms with Crippen LogP contribution in [0, 0.1) is 5.82 Å². The molecular weight excluding hydrogens is 353 g/mol. The second-order valence-corrected chi connectivity index (χ2v) is 7.00.